The molecule has 1 rings (SSSR count). The van der Waals surface area contributed by atoms with Crippen molar-refractivity contribution in [2.75, 3.05) is 6.61 Å². The third kappa shape index (κ3) is 4.75. The van der Waals surface area contributed by atoms with Crippen LogP contribution < -0.4 is 0 Å². The van der Waals surface area contributed by atoms with E-state index < -0.39 is 12.3 Å². The summed E-state index contributed by atoms with van der Waals surface area (Å²) in [5.41, 5.74) is 1.02. The predicted octanol–water partition coefficient (Wildman–Crippen LogP) is 3.28. The maximum Gasteiger partial charge on any atom is 0.506 e. The second-order valence-electron chi connectivity index (χ2n) is 4.49. The second kappa shape index (κ2) is 7.01. The Morgan fingerprint density at radius 2 is 1.83 bits per heavy atom. The topological polar surface area (TPSA) is 55.8 Å². The molecule has 0 aromatic heterocycles. The molecule has 0 amide bonds. The average molecular weight is 252 g/mol. The number of benzene rings is 1. The lowest BCUT2D eigenvalue weighted by molar-refractivity contribution is 0.00917. The zero-order valence-corrected chi connectivity index (χ0v) is 11.0. The summed E-state index contributed by atoms with van der Waals surface area (Å²) in [6.45, 7) is 6.08. The summed E-state index contributed by atoms with van der Waals surface area (Å²) in [5.74, 6) is -0.0929. The third-order valence-corrected chi connectivity index (χ3v) is 2.69. The quantitative estimate of drug-likeness (QED) is 0.789. The lowest BCUT2D eigenvalue weighted by Crippen LogP contribution is -2.26. The van der Waals surface area contributed by atoms with Crippen LogP contribution in [0.15, 0.2) is 30.3 Å². The summed E-state index contributed by atoms with van der Waals surface area (Å²) in [6, 6.07) is 9.68. The molecular formula is C14H20O4. The van der Waals surface area contributed by atoms with Crippen molar-refractivity contribution in [2.24, 2.45) is 0 Å². The van der Waals surface area contributed by atoms with Gasteiger partial charge < -0.3 is 14.6 Å². The first kappa shape index (κ1) is 14.5. The molecule has 4 nitrogen and oxygen atoms in total. The van der Waals surface area contributed by atoms with Crippen molar-refractivity contribution >= 4 is 6.16 Å². The van der Waals surface area contributed by atoms with E-state index in [4.69, 9.17) is 14.6 Å². The van der Waals surface area contributed by atoms with Gasteiger partial charge in [0.25, 0.3) is 0 Å². The van der Waals surface area contributed by atoms with Gasteiger partial charge in [0, 0.05) is 5.92 Å². The van der Waals surface area contributed by atoms with Crippen molar-refractivity contribution in [1.29, 1.82) is 0 Å². The summed E-state index contributed by atoms with van der Waals surface area (Å²) in [5, 5.41) is 8.69. The predicted molar refractivity (Wildman–Crippen MR) is 68.8 cm³/mol. The fraction of sp³-hybridized carbons (Fsp3) is 0.500. The molecule has 1 N–H and O–H groups in total. The first-order chi connectivity index (χ1) is 8.50. The Balaban J connectivity index is 2.77. The van der Waals surface area contributed by atoms with Crippen LogP contribution in [0.5, 0.6) is 0 Å². The summed E-state index contributed by atoms with van der Waals surface area (Å²) >= 11 is 0. The molecule has 0 heterocycles. The number of hydrogen-bond acceptors (Lipinski definition) is 3. The van der Waals surface area contributed by atoms with Crippen molar-refractivity contribution in [3.05, 3.63) is 35.9 Å². The molecular weight excluding hydrogens is 232 g/mol. The molecule has 0 aliphatic carbocycles. The van der Waals surface area contributed by atoms with Crippen LogP contribution in [0.25, 0.3) is 0 Å². The minimum absolute atomic E-state index is 0.0929. The Hall–Kier alpha value is -1.55. The largest absolute Gasteiger partial charge is 0.506 e. The van der Waals surface area contributed by atoms with Gasteiger partial charge in [-0.25, -0.2) is 4.79 Å². The molecule has 0 saturated carbocycles. The molecule has 18 heavy (non-hydrogen) atoms. The van der Waals surface area contributed by atoms with E-state index in [2.05, 4.69) is 0 Å². The van der Waals surface area contributed by atoms with E-state index in [9.17, 15) is 4.79 Å². The molecule has 0 aliphatic rings. The zero-order valence-electron chi connectivity index (χ0n) is 11.0. The molecule has 100 valence electrons. The van der Waals surface area contributed by atoms with Crippen molar-refractivity contribution < 1.29 is 19.4 Å². The smallest absolute Gasteiger partial charge is 0.450 e. The molecule has 2 unspecified atom stereocenters. The first-order valence-electron chi connectivity index (χ1n) is 6.06. The van der Waals surface area contributed by atoms with Gasteiger partial charge in [0.2, 0.25) is 0 Å². The van der Waals surface area contributed by atoms with E-state index in [1.807, 2.05) is 44.2 Å². The maximum atomic E-state index is 10.6. The van der Waals surface area contributed by atoms with Crippen LogP contribution in [0.3, 0.4) is 0 Å². The number of ether oxygens (including phenoxy) is 2. The van der Waals surface area contributed by atoms with Gasteiger partial charge in [-0.05, 0) is 26.3 Å². The molecule has 0 spiro atoms. The average Bonchev–Trinajstić information content (AvgIpc) is 2.29. The summed E-state index contributed by atoms with van der Waals surface area (Å²) in [6.07, 6.45) is -1.59. The van der Waals surface area contributed by atoms with Crippen molar-refractivity contribution in [3.8, 4) is 0 Å². The molecule has 0 aliphatic heterocycles. The van der Waals surface area contributed by atoms with Gasteiger partial charge in [0.05, 0.1) is 12.7 Å². The Kier molecular flexibility index (Phi) is 5.65. The monoisotopic (exact) mass is 252 g/mol. The fourth-order valence-corrected chi connectivity index (χ4v) is 1.74. The zero-order chi connectivity index (χ0) is 13.5. The number of rotatable bonds is 6. The molecule has 1 aromatic carbocycles. The molecule has 4 heteroatoms. The normalized spacial score (nSPS) is 14.2. The minimum atomic E-state index is -1.26. The van der Waals surface area contributed by atoms with Crippen LogP contribution in [0.2, 0.25) is 0 Å². The molecule has 2 atom stereocenters. The van der Waals surface area contributed by atoms with Crippen LogP contribution in [-0.2, 0) is 9.47 Å². The van der Waals surface area contributed by atoms with Crippen molar-refractivity contribution in [1.82, 2.24) is 0 Å². The molecule has 0 radical (unpaired) electrons. The number of hydrogen-bond donors (Lipinski definition) is 1. The lowest BCUT2D eigenvalue weighted by atomic mass is 9.95. The molecule has 0 saturated heterocycles. The summed E-state index contributed by atoms with van der Waals surface area (Å²) in [7, 11) is 0. The number of carboxylic acid groups (broad SMARTS) is 1. The SMILES string of the molecule is CC(C)OCC(c1ccccc1)C(C)OC(=O)O. The van der Waals surface area contributed by atoms with Gasteiger partial charge in [-0.1, -0.05) is 30.3 Å². The van der Waals surface area contributed by atoms with Gasteiger partial charge >= 0.3 is 6.16 Å². The molecule has 0 bridgehead atoms. The van der Waals surface area contributed by atoms with Crippen molar-refractivity contribution in [2.45, 2.75) is 38.9 Å². The highest BCUT2D eigenvalue weighted by molar-refractivity contribution is 5.57. The highest BCUT2D eigenvalue weighted by Gasteiger charge is 2.23. The van der Waals surface area contributed by atoms with Crippen LogP contribution in [-0.4, -0.2) is 30.1 Å². The van der Waals surface area contributed by atoms with E-state index in [0.29, 0.717) is 6.61 Å². The Labute approximate surface area is 108 Å². The van der Waals surface area contributed by atoms with Crippen LogP contribution >= 0.6 is 0 Å². The highest BCUT2D eigenvalue weighted by Crippen LogP contribution is 2.23. The van der Waals surface area contributed by atoms with E-state index in [1.54, 1.807) is 6.92 Å². The van der Waals surface area contributed by atoms with Gasteiger partial charge in [-0.2, -0.15) is 0 Å². The van der Waals surface area contributed by atoms with Crippen LogP contribution in [0.1, 0.15) is 32.3 Å². The van der Waals surface area contributed by atoms with Gasteiger partial charge in [0.15, 0.2) is 0 Å². The molecule has 0 fully saturated rings. The standard InChI is InChI=1S/C14H20O4/c1-10(2)17-9-13(11(3)18-14(15)16)12-7-5-4-6-8-12/h4-8,10-11,13H,9H2,1-3H3,(H,15,16). The minimum Gasteiger partial charge on any atom is -0.450 e. The van der Waals surface area contributed by atoms with E-state index in [0.717, 1.165) is 5.56 Å². The summed E-state index contributed by atoms with van der Waals surface area (Å²) < 4.78 is 10.4. The lowest BCUT2D eigenvalue weighted by Gasteiger charge is -2.24. The van der Waals surface area contributed by atoms with Crippen LogP contribution in [0.4, 0.5) is 4.79 Å². The van der Waals surface area contributed by atoms with Gasteiger partial charge in [-0.3, -0.25) is 0 Å². The summed E-state index contributed by atoms with van der Waals surface area (Å²) in [4.78, 5) is 10.6. The first-order valence-corrected chi connectivity index (χ1v) is 6.06. The molecule has 1 aromatic rings. The van der Waals surface area contributed by atoms with E-state index in [1.165, 1.54) is 0 Å². The van der Waals surface area contributed by atoms with E-state index in [-0.39, 0.29) is 12.0 Å². The second-order valence-corrected chi connectivity index (χ2v) is 4.49. The van der Waals surface area contributed by atoms with Gasteiger partial charge in [-0.15, -0.1) is 0 Å². The third-order valence-electron chi connectivity index (χ3n) is 2.69. The maximum absolute atomic E-state index is 10.6. The fourth-order valence-electron chi connectivity index (χ4n) is 1.74. The Bertz CT molecular complexity index is 361. The number of carbonyl (C=O) groups is 1. The van der Waals surface area contributed by atoms with Crippen LogP contribution in [0, 0.1) is 0 Å². The van der Waals surface area contributed by atoms with Gasteiger partial charge in [0.1, 0.15) is 6.10 Å². The highest BCUT2D eigenvalue weighted by atomic mass is 16.7. The Morgan fingerprint density at radius 3 is 2.33 bits per heavy atom. The van der Waals surface area contributed by atoms with E-state index >= 15 is 0 Å². The Morgan fingerprint density at radius 1 is 1.22 bits per heavy atom. The van der Waals surface area contributed by atoms with Crippen molar-refractivity contribution in [3.63, 3.8) is 0 Å².